The highest BCUT2D eigenvalue weighted by atomic mass is 14.6. The SMILES string of the molecule is Cc1cc(N)cc(C)c1Cc1c(C)cc(N)cc1C.Nc1ccc(Cc2ccc(N)c(C3CCCCC3)c2)cc1C1CCCCC1. The smallest absolute Gasteiger partial charge is 0.0349 e. The summed E-state index contributed by atoms with van der Waals surface area (Å²) < 4.78 is 0. The van der Waals surface area contributed by atoms with Crippen molar-refractivity contribution in [3.05, 3.63) is 116 Å². The van der Waals surface area contributed by atoms with Crippen molar-refractivity contribution in [1.29, 1.82) is 0 Å². The fourth-order valence-electron chi connectivity index (χ4n) is 8.03. The Morgan fingerprint density at radius 3 is 1.15 bits per heavy atom. The Kier molecular flexibility index (Phi) is 11.0. The summed E-state index contributed by atoms with van der Waals surface area (Å²) in [6, 6.07) is 21.6. The van der Waals surface area contributed by atoms with Gasteiger partial charge in [0, 0.05) is 22.7 Å². The molecule has 4 aromatic carbocycles. The molecule has 0 atom stereocenters. The van der Waals surface area contributed by atoms with Crippen LogP contribution in [0, 0.1) is 27.7 Å². The Bertz CT molecular complexity index is 1470. The average Bonchev–Trinajstić information content (AvgIpc) is 3.03. The van der Waals surface area contributed by atoms with Gasteiger partial charge in [0.2, 0.25) is 0 Å². The summed E-state index contributed by atoms with van der Waals surface area (Å²) in [5.41, 5.74) is 41.4. The first-order valence-electron chi connectivity index (χ1n) is 17.6. The highest BCUT2D eigenvalue weighted by molar-refractivity contribution is 5.55. The number of benzene rings is 4. The van der Waals surface area contributed by atoms with Crippen LogP contribution in [0.3, 0.4) is 0 Å². The maximum atomic E-state index is 6.34. The third kappa shape index (κ3) is 8.26. The van der Waals surface area contributed by atoms with Crippen molar-refractivity contribution in [2.24, 2.45) is 0 Å². The van der Waals surface area contributed by atoms with Gasteiger partial charge in [-0.3, -0.25) is 0 Å². The zero-order valence-corrected chi connectivity index (χ0v) is 28.7. The highest BCUT2D eigenvalue weighted by Gasteiger charge is 2.20. The van der Waals surface area contributed by atoms with Gasteiger partial charge >= 0.3 is 0 Å². The fourth-order valence-corrected chi connectivity index (χ4v) is 8.03. The molecular formula is C42H56N4. The van der Waals surface area contributed by atoms with Gasteiger partial charge in [0.05, 0.1) is 0 Å². The van der Waals surface area contributed by atoms with Gasteiger partial charge in [-0.1, -0.05) is 62.8 Å². The predicted octanol–water partition coefficient (Wildman–Crippen LogP) is 10.2. The molecule has 4 heteroatoms. The molecule has 244 valence electrons. The van der Waals surface area contributed by atoms with Crippen LogP contribution < -0.4 is 22.9 Å². The van der Waals surface area contributed by atoms with E-state index in [-0.39, 0.29) is 0 Å². The first-order valence-corrected chi connectivity index (χ1v) is 17.6. The molecule has 46 heavy (non-hydrogen) atoms. The monoisotopic (exact) mass is 616 g/mol. The van der Waals surface area contributed by atoms with E-state index >= 15 is 0 Å². The van der Waals surface area contributed by atoms with E-state index in [1.54, 1.807) is 0 Å². The Morgan fingerprint density at radius 1 is 0.457 bits per heavy atom. The van der Waals surface area contributed by atoms with Gasteiger partial charge in [-0.15, -0.1) is 0 Å². The minimum Gasteiger partial charge on any atom is -0.399 e. The molecule has 2 fully saturated rings. The zero-order chi connectivity index (χ0) is 32.8. The van der Waals surface area contributed by atoms with E-state index < -0.39 is 0 Å². The van der Waals surface area contributed by atoms with Gasteiger partial charge in [0.1, 0.15) is 0 Å². The van der Waals surface area contributed by atoms with Gasteiger partial charge in [-0.05, 0) is 170 Å². The summed E-state index contributed by atoms with van der Waals surface area (Å²) in [7, 11) is 0. The molecule has 0 amide bonds. The van der Waals surface area contributed by atoms with Crippen molar-refractivity contribution < 1.29 is 0 Å². The number of rotatable bonds is 6. The summed E-state index contributed by atoms with van der Waals surface area (Å²) >= 11 is 0. The van der Waals surface area contributed by atoms with Gasteiger partial charge in [0.25, 0.3) is 0 Å². The van der Waals surface area contributed by atoms with Crippen molar-refractivity contribution in [3.63, 3.8) is 0 Å². The largest absolute Gasteiger partial charge is 0.399 e. The van der Waals surface area contributed by atoms with E-state index in [1.165, 1.54) is 120 Å². The lowest BCUT2D eigenvalue weighted by Crippen LogP contribution is -2.09. The van der Waals surface area contributed by atoms with E-state index in [2.05, 4.69) is 64.1 Å². The van der Waals surface area contributed by atoms with Gasteiger partial charge in [-0.25, -0.2) is 0 Å². The van der Waals surface area contributed by atoms with Crippen LogP contribution in [0.1, 0.15) is 132 Å². The van der Waals surface area contributed by atoms with Crippen LogP contribution in [0.2, 0.25) is 0 Å². The molecule has 8 N–H and O–H groups in total. The van der Waals surface area contributed by atoms with Crippen molar-refractivity contribution in [3.8, 4) is 0 Å². The predicted molar refractivity (Wildman–Crippen MR) is 200 cm³/mol. The summed E-state index contributed by atoms with van der Waals surface area (Å²) in [6.07, 6.45) is 15.2. The van der Waals surface area contributed by atoms with Crippen LogP contribution in [0.4, 0.5) is 22.7 Å². The van der Waals surface area contributed by atoms with Crippen molar-refractivity contribution in [1.82, 2.24) is 0 Å². The molecule has 0 saturated heterocycles. The Hall–Kier alpha value is -3.92. The third-order valence-corrected chi connectivity index (χ3v) is 10.6. The number of nitrogens with two attached hydrogens (primary N) is 4. The van der Waals surface area contributed by atoms with Crippen LogP contribution >= 0.6 is 0 Å². The lowest BCUT2D eigenvalue weighted by molar-refractivity contribution is 0.444. The minimum atomic E-state index is 0.655. The topological polar surface area (TPSA) is 104 Å². The minimum absolute atomic E-state index is 0.655. The molecule has 0 aromatic heterocycles. The van der Waals surface area contributed by atoms with Crippen LogP contribution in [0.25, 0.3) is 0 Å². The standard InChI is InChI=1S/C25H34N2.C17H22N2/c26-24-13-11-18(16-22(24)20-7-3-1-4-8-20)15-19-12-14-25(27)23(17-19)21-9-5-2-6-10-21;1-10-5-14(18)6-11(2)16(10)9-17-12(3)7-15(19)8-13(17)4/h11-14,16-17,20-21H,1-10,15,26-27H2;5-8H,9,18-19H2,1-4H3. The molecule has 0 aliphatic heterocycles. The highest BCUT2D eigenvalue weighted by Crippen LogP contribution is 2.38. The second kappa shape index (κ2) is 15.1. The quantitative estimate of drug-likeness (QED) is 0.162. The van der Waals surface area contributed by atoms with E-state index in [0.717, 1.165) is 35.6 Å². The van der Waals surface area contributed by atoms with Crippen LogP contribution in [0.5, 0.6) is 0 Å². The third-order valence-electron chi connectivity index (χ3n) is 10.6. The van der Waals surface area contributed by atoms with Crippen molar-refractivity contribution in [2.75, 3.05) is 22.9 Å². The second-order valence-electron chi connectivity index (χ2n) is 14.2. The van der Waals surface area contributed by atoms with E-state index in [1.807, 2.05) is 24.3 Å². The molecule has 0 spiro atoms. The number of hydrogen-bond acceptors (Lipinski definition) is 4. The van der Waals surface area contributed by atoms with Gasteiger partial charge in [-0.2, -0.15) is 0 Å². The van der Waals surface area contributed by atoms with Crippen LogP contribution in [0.15, 0.2) is 60.7 Å². The first-order chi connectivity index (χ1) is 22.1. The number of anilines is 4. The Labute approximate surface area is 278 Å². The molecule has 0 radical (unpaired) electrons. The van der Waals surface area contributed by atoms with E-state index in [0.29, 0.717) is 11.8 Å². The molecule has 4 aromatic rings. The lowest BCUT2D eigenvalue weighted by atomic mass is 9.81. The number of hydrogen-bond donors (Lipinski definition) is 4. The Balaban J connectivity index is 0.000000193. The average molecular weight is 617 g/mol. The molecule has 2 aliphatic carbocycles. The molecule has 6 rings (SSSR count). The summed E-state index contributed by atoms with van der Waals surface area (Å²) in [5, 5.41) is 0. The van der Waals surface area contributed by atoms with E-state index in [4.69, 9.17) is 22.9 Å². The summed E-state index contributed by atoms with van der Waals surface area (Å²) in [6.45, 7) is 8.50. The van der Waals surface area contributed by atoms with Crippen LogP contribution in [-0.2, 0) is 12.8 Å². The summed E-state index contributed by atoms with van der Waals surface area (Å²) in [5.74, 6) is 1.31. The molecule has 0 unspecified atom stereocenters. The summed E-state index contributed by atoms with van der Waals surface area (Å²) in [4.78, 5) is 0. The Morgan fingerprint density at radius 2 is 0.804 bits per heavy atom. The molecule has 2 aliphatic rings. The second-order valence-corrected chi connectivity index (χ2v) is 14.2. The van der Waals surface area contributed by atoms with Crippen molar-refractivity contribution in [2.45, 2.75) is 117 Å². The molecule has 0 heterocycles. The normalized spacial score (nSPS) is 15.7. The molecular weight excluding hydrogens is 560 g/mol. The maximum absolute atomic E-state index is 6.34. The molecule has 0 bridgehead atoms. The first kappa shape index (κ1) is 33.4. The lowest BCUT2D eigenvalue weighted by Gasteiger charge is -2.24. The zero-order valence-electron chi connectivity index (χ0n) is 28.7. The fraction of sp³-hybridized carbons (Fsp3) is 0.429. The maximum Gasteiger partial charge on any atom is 0.0349 e. The van der Waals surface area contributed by atoms with Gasteiger partial charge in [0.15, 0.2) is 0 Å². The number of nitrogen functional groups attached to an aromatic ring is 4. The molecule has 4 nitrogen and oxygen atoms in total. The van der Waals surface area contributed by atoms with Gasteiger partial charge < -0.3 is 22.9 Å². The van der Waals surface area contributed by atoms with E-state index in [9.17, 15) is 0 Å². The van der Waals surface area contributed by atoms with Crippen LogP contribution in [-0.4, -0.2) is 0 Å². The van der Waals surface area contributed by atoms with Crippen molar-refractivity contribution >= 4 is 22.7 Å². The number of aryl methyl sites for hydroxylation is 4. The molecule has 2 saturated carbocycles.